The van der Waals surface area contributed by atoms with E-state index >= 15 is 0 Å². The van der Waals surface area contributed by atoms with Crippen LogP contribution >= 0.6 is 11.8 Å². The summed E-state index contributed by atoms with van der Waals surface area (Å²) in [4.78, 5) is 40.1. The lowest BCUT2D eigenvalue weighted by molar-refractivity contribution is -0.122. The van der Waals surface area contributed by atoms with E-state index in [1.807, 2.05) is 66.7 Å². The van der Waals surface area contributed by atoms with Crippen molar-refractivity contribution < 1.29 is 14.4 Å². The molecule has 1 aliphatic heterocycles. The van der Waals surface area contributed by atoms with E-state index in [4.69, 9.17) is 0 Å². The largest absolute Gasteiger partial charge is 0.325 e. The smallest absolute Gasteiger partial charge is 0.238 e. The molecular formula is C26H22N2O3S. The third-order valence-electron chi connectivity index (χ3n) is 6.01. The fraction of sp³-hybridized carbons (Fsp3) is 0.192. The number of thioether (sulfide) groups is 1. The number of imide groups is 1. The first-order valence-corrected chi connectivity index (χ1v) is 11.6. The van der Waals surface area contributed by atoms with Gasteiger partial charge in [-0.2, -0.15) is 0 Å². The Kier molecular flexibility index (Phi) is 5.53. The van der Waals surface area contributed by atoms with Gasteiger partial charge in [0.15, 0.2) is 0 Å². The molecule has 0 bridgehead atoms. The van der Waals surface area contributed by atoms with Crippen molar-refractivity contribution in [2.45, 2.75) is 17.7 Å². The van der Waals surface area contributed by atoms with Gasteiger partial charge in [0, 0.05) is 10.6 Å². The molecule has 0 saturated carbocycles. The second kappa shape index (κ2) is 8.63. The van der Waals surface area contributed by atoms with E-state index in [0.29, 0.717) is 18.5 Å². The fourth-order valence-electron chi connectivity index (χ4n) is 4.36. The summed E-state index contributed by atoms with van der Waals surface area (Å²) in [6.07, 6.45) is 5.23. The number of benzene rings is 3. The number of hydrogen-bond donors (Lipinski definition) is 1. The molecule has 1 N–H and O–H groups in total. The van der Waals surface area contributed by atoms with Gasteiger partial charge in [0.25, 0.3) is 0 Å². The van der Waals surface area contributed by atoms with Crippen LogP contribution in [-0.2, 0) is 14.4 Å². The van der Waals surface area contributed by atoms with E-state index in [-0.39, 0.29) is 35.3 Å². The lowest BCUT2D eigenvalue weighted by Crippen LogP contribution is -2.30. The van der Waals surface area contributed by atoms with Crippen molar-refractivity contribution in [3.8, 4) is 0 Å². The molecule has 1 aliphatic carbocycles. The number of amides is 3. The van der Waals surface area contributed by atoms with Crippen molar-refractivity contribution in [2.75, 3.05) is 16.0 Å². The minimum atomic E-state index is -0.236. The fourth-order valence-corrected chi connectivity index (χ4v) is 5.06. The first kappa shape index (κ1) is 20.5. The second-order valence-corrected chi connectivity index (χ2v) is 9.11. The molecular weight excluding hydrogens is 420 g/mol. The molecule has 1 saturated heterocycles. The van der Waals surface area contributed by atoms with Crippen LogP contribution in [-0.4, -0.2) is 23.5 Å². The zero-order valence-electron chi connectivity index (χ0n) is 17.4. The summed E-state index contributed by atoms with van der Waals surface area (Å²) >= 11 is 1.41. The molecule has 32 heavy (non-hydrogen) atoms. The number of carbonyl (C=O) groups excluding carboxylic acids is 3. The van der Waals surface area contributed by atoms with E-state index in [0.717, 1.165) is 21.4 Å². The Labute approximate surface area is 190 Å². The molecule has 0 radical (unpaired) electrons. The highest BCUT2D eigenvalue weighted by atomic mass is 32.2. The SMILES string of the molecule is O=C(CSc1ccc(N2C(=O)[C@H]3CC=CC[C@@H]3C2=O)cc1)Nc1ccc2ccccc2c1. The third-order valence-corrected chi connectivity index (χ3v) is 7.02. The van der Waals surface area contributed by atoms with Gasteiger partial charge in [-0.15, -0.1) is 11.8 Å². The highest BCUT2D eigenvalue weighted by molar-refractivity contribution is 8.00. The summed E-state index contributed by atoms with van der Waals surface area (Å²) in [7, 11) is 0. The first-order chi connectivity index (χ1) is 15.6. The van der Waals surface area contributed by atoms with E-state index < -0.39 is 0 Å². The number of nitrogens with one attached hydrogen (secondary N) is 1. The quantitative estimate of drug-likeness (QED) is 0.342. The van der Waals surface area contributed by atoms with Crippen LogP contribution in [0, 0.1) is 11.8 Å². The zero-order chi connectivity index (χ0) is 22.1. The van der Waals surface area contributed by atoms with Crippen LogP contribution in [0.4, 0.5) is 11.4 Å². The molecule has 0 unspecified atom stereocenters. The van der Waals surface area contributed by atoms with Gasteiger partial charge in [-0.25, -0.2) is 0 Å². The van der Waals surface area contributed by atoms with Crippen LogP contribution in [0.5, 0.6) is 0 Å². The van der Waals surface area contributed by atoms with Gasteiger partial charge in [-0.05, 0) is 60.0 Å². The summed E-state index contributed by atoms with van der Waals surface area (Å²) in [5.74, 6) is -0.514. The Balaban J connectivity index is 1.20. The Hall–Kier alpha value is -3.38. The molecule has 0 spiro atoms. The molecule has 2 aliphatic rings. The van der Waals surface area contributed by atoms with Crippen molar-refractivity contribution in [1.82, 2.24) is 0 Å². The number of fused-ring (bicyclic) bond motifs is 2. The maximum atomic E-state index is 12.7. The molecule has 3 aromatic carbocycles. The van der Waals surface area contributed by atoms with Crippen LogP contribution in [0.1, 0.15) is 12.8 Å². The minimum Gasteiger partial charge on any atom is -0.325 e. The van der Waals surface area contributed by atoms with E-state index in [1.165, 1.54) is 16.7 Å². The highest BCUT2D eigenvalue weighted by Gasteiger charge is 2.47. The lowest BCUT2D eigenvalue weighted by Gasteiger charge is -2.15. The second-order valence-electron chi connectivity index (χ2n) is 8.06. The van der Waals surface area contributed by atoms with Crippen molar-refractivity contribution in [3.63, 3.8) is 0 Å². The summed E-state index contributed by atoms with van der Waals surface area (Å²) in [5, 5.41) is 5.15. The first-order valence-electron chi connectivity index (χ1n) is 10.6. The summed E-state index contributed by atoms with van der Waals surface area (Å²) in [6.45, 7) is 0. The predicted molar refractivity (Wildman–Crippen MR) is 128 cm³/mol. The molecule has 5 nitrogen and oxygen atoms in total. The van der Waals surface area contributed by atoms with Crippen molar-refractivity contribution in [1.29, 1.82) is 0 Å². The maximum Gasteiger partial charge on any atom is 0.238 e. The van der Waals surface area contributed by atoms with Crippen LogP contribution < -0.4 is 10.2 Å². The molecule has 3 amide bonds. The standard InChI is InChI=1S/C26H22N2O3S/c29-24(27-19-10-9-17-5-1-2-6-18(17)15-19)16-32-21-13-11-20(12-14-21)28-25(30)22-7-3-4-8-23(22)26(28)31/h1-6,9-15,22-23H,7-8,16H2,(H,27,29)/t22-,23-/m0/s1. The average molecular weight is 443 g/mol. The molecule has 3 aromatic rings. The molecule has 160 valence electrons. The number of hydrogen-bond acceptors (Lipinski definition) is 4. The van der Waals surface area contributed by atoms with E-state index in [9.17, 15) is 14.4 Å². The molecule has 1 heterocycles. The average Bonchev–Trinajstić information content (AvgIpc) is 3.08. The molecule has 0 aromatic heterocycles. The van der Waals surface area contributed by atoms with Gasteiger partial charge in [0.1, 0.15) is 0 Å². The van der Waals surface area contributed by atoms with Crippen molar-refractivity contribution in [2.24, 2.45) is 11.8 Å². The van der Waals surface area contributed by atoms with Gasteiger partial charge in [0.05, 0.1) is 23.3 Å². The van der Waals surface area contributed by atoms with Crippen LogP contribution in [0.2, 0.25) is 0 Å². The zero-order valence-corrected chi connectivity index (χ0v) is 18.2. The normalized spacial score (nSPS) is 19.9. The van der Waals surface area contributed by atoms with Crippen molar-refractivity contribution in [3.05, 3.63) is 78.9 Å². The van der Waals surface area contributed by atoms with Gasteiger partial charge < -0.3 is 5.32 Å². The van der Waals surface area contributed by atoms with Gasteiger partial charge >= 0.3 is 0 Å². The molecule has 5 rings (SSSR count). The Bertz CT molecular complexity index is 1210. The number of carbonyl (C=O) groups is 3. The van der Waals surface area contributed by atoms with E-state index in [2.05, 4.69) is 5.32 Å². The van der Waals surface area contributed by atoms with Gasteiger partial charge in [0.2, 0.25) is 17.7 Å². The maximum absolute atomic E-state index is 12.7. The number of nitrogens with zero attached hydrogens (tertiary/aromatic N) is 1. The van der Waals surface area contributed by atoms with Gasteiger partial charge in [-0.1, -0.05) is 42.5 Å². The summed E-state index contributed by atoms with van der Waals surface area (Å²) in [5.41, 5.74) is 1.37. The molecule has 1 fully saturated rings. The monoisotopic (exact) mass is 442 g/mol. The molecule has 2 atom stereocenters. The highest BCUT2D eigenvalue weighted by Crippen LogP contribution is 2.38. The number of rotatable bonds is 5. The number of allylic oxidation sites excluding steroid dienone is 2. The number of anilines is 2. The Morgan fingerprint density at radius 3 is 2.22 bits per heavy atom. The van der Waals surface area contributed by atoms with Crippen LogP contribution in [0.3, 0.4) is 0 Å². The lowest BCUT2D eigenvalue weighted by atomic mass is 9.85. The third kappa shape index (κ3) is 3.94. The minimum absolute atomic E-state index is 0.0872. The molecule has 6 heteroatoms. The summed E-state index contributed by atoms with van der Waals surface area (Å²) in [6, 6.07) is 21.1. The Morgan fingerprint density at radius 2 is 1.53 bits per heavy atom. The predicted octanol–water partition coefficient (Wildman–Crippen LogP) is 5.03. The van der Waals surface area contributed by atoms with Gasteiger partial charge in [-0.3, -0.25) is 19.3 Å². The van der Waals surface area contributed by atoms with Crippen LogP contribution in [0.25, 0.3) is 10.8 Å². The summed E-state index contributed by atoms with van der Waals surface area (Å²) < 4.78 is 0. The van der Waals surface area contributed by atoms with Crippen LogP contribution in [0.15, 0.2) is 83.8 Å². The van der Waals surface area contributed by atoms with Crippen molar-refractivity contribution >= 4 is 51.6 Å². The topological polar surface area (TPSA) is 66.5 Å². The Morgan fingerprint density at radius 1 is 0.875 bits per heavy atom. The van der Waals surface area contributed by atoms with E-state index in [1.54, 1.807) is 12.1 Å².